The molecule has 0 spiro atoms. The summed E-state index contributed by atoms with van der Waals surface area (Å²) in [5.74, 6) is 0.578. The van der Waals surface area contributed by atoms with Gasteiger partial charge in [-0.1, -0.05) is 50.2 Å². The molecule has 0 aliphatic carbocycles. The quantitative estimate of drug-likeness (QED) is 0.836. The topological polar surface area (TPSA) is 29.3 Å². The van der Waals surface area contributed by atoms with Crippen molar-refractivity contribution in [2.24, 2.45) is 0 Å². The van der Waals surface area contributed by atoms with Gasteiger partial charge in [0, 0.05) is 13.6 Å². The number of nitrogens with two attached hydrogens (primary N) is 1. The Bertz CT molecular complexity index is 550. The molecule has 0 bridgehead atoms. The number of rotatable bonds is 4. The van der Waals surface area contributed by atoms with Crippen molar-refractivity contribution in [1.82, 2.24) is 0 Å². The maximum absolute atomic E-state index is 6.10. The van der Waals surface area contributed by atoms with Crippen LogP contribution in [0.15, 0.2) is 42.5 Å². The molecule has 2 heteroatoms. The molecule has 0 amide bonds. The van der Waals surface area contributed by atoms with Gasteiger partial charge in [0.1, 0.15) is 0 Å². The van der Waals surface area contributed by atoms with E-state index in [4.69, 9.17) is 5.73 Å². The van der Waals surface area contributed by atoms with E-state index >= 15 is 0 Å². The van der Waals surface area contributed by atoms with Gasteiger partial charge >= 0.3 is 0 Å². The zero-order chi connectivity index (χ0) is 14.7. The van der Waals surface area contributed by atoms with Gasteiger partial charge in [-0.25, -0.2) is 0 Å². The van der Waals surface area contributed by atoms with Crippen molar-refractivity contribution in [1.29, 1.82) is 0 Å². The van der Waals surface area contributed by atoms with Crippen molar-refractivity contribution in [2.75, 3.05) is 17.7 Å². The monoisotopic (exact) mass is 268 g/mol. The zero-order valence-electron chi connectivity index (χ0n) is 12.9. The van der Waals surface area contributed by atoms with E-state index in [0.29, 0.717) is 5.92 Å². The predicted octanol–water partition coefficient (Wildman–Crippen LogP) is 4.34. The van der Waals surface area contributed by atoms with E-state index < -0.39 is 0 Å². The van der Waals surface area contributed by atoms with Gasteiger partial charge in [-0.2, -0.15) is 0 Å². The van der Waals surface area contributed by atoms with Gasteiger partial charge in [-0.3, -0.25) is 0 Å². The number of hydrogen-bond acceptors (Lipinski definition) is 2. The normalized spacial score (nSPS) is 10.8. The lowest BCUT2D eigenvalue weighted by Crippen LogP contribution is -2.18. The van der Waals surface area contributed by atoms with Gasteiger partial charge in [0.05, 0.1) is 11.4 Å². The maximum atomic E-state index is 6.10. The Hall–Kier alpha value is -1.96. The molecule has 0 aliphatic rings. The molecule has 0 saturated carbocycles. The highest BCUT2D eigenvalue weighted by molar-refractivity contribution is 5.71. The summed E-state index contributed by atoms with van der Waals surface area (Å²) in [4.78, 5) is 2.22. The molecule has 0 atom stereocenters. The van der Waals surface area contributed by atoms with E-state index in [9.17, 15) is 0 Å². The molecule has 2 aromatic rings. The lowest BCUT2D eigenvalue weighted by atomic mass is 10.0. The summed E-state index contributed by atoms with van der Waals surface area (Å²) in [5.41, 5.74) is 12.0. The first-order valence-electron chi connectivity index (χ1n) is 7.14. The number of anilines is 2. The summed E-state index contributed by atoms with van der Waals surface area (Å²) < 4.78 is 0. The molecule has 2 nitrogen and oxygen atoms in total. The Morgan fingerprint density at radius 3 is 2.25 bits per heavy atom. The first-order chi connectivity index (χ1) is 9.49. The maximum Gasteiger partial charge on any atom is 0.0630 e. The van der Waals surface area contributed by atoms with Crippen molar-refractivity contribution in [3.05, 3.63) is 59.2 Å². The van der Waals surface area contributed by atoms with Gasteiger partial charge in [0.25, 0.3) is 0 Å². The van der Waals surface area contributed by atoms with Gasteiger partial charge in [0.15, 0.2) is 0 Å². The highest BCUT2D eigenvalue weighted by atomic mass is 15.1. The molecule has 0 aromatic heterocycles. The summed E-state index contributed by atoms with van der Waals surface area (Å²) >= 11 is 0. The molecule has 106 valence electrons. The number of para-hydroxylation sites is 1. The van der Waals surface area contributed by atoms with Crippen LogP contribution in [0.3, 0.4) is 0 Å². The standard InChI is InChI=1S/C18H24N2/c1-13(2)16-10-8-15(9-11-16)12-20(4)18-14(3)6-5-7-17(18)19/h5-11,13H,12,19H2,1-4H3. The van der Waals surface area contributed by atoms with Crippen molar-refractivity contribution in [3.8, 4) is 0 Å². The average molecular weight is 268 g/mol. The third-order valence-corrected chi connectivity index (χ3v) is 3.72. The molecule has 2 N–H and O–H groups in total. The molecule has 2 aromatic carbocycles. The van der Waals surface area contributed by atoms with Crippen LogP contribution in [0.25, 0.3) is 0 Å². The molecule has 20 heavy (non-hydrogen) atoms. The number of benzene rings is 2. The Kier molecular flexibility index (Phi) is 4.33. The van der Waals surface area contributed by atoms with Crippen LogP contribution in [0.2, 0.25) is 0 Å². The van der Waals surface area contributed by atoms with Crippen LogP contribution in [0, 0.1) is 6.92 Å². The van der Waals surface area contributed by atoms with E-state index in [-0.39, 0.29) is 0 Å². The Morgan fingerprint density at radius 1 is 1.05 bits per heavy atom. The molecule has 0 heterocycles. The average Bonchev–Trinajstić information content (AvgIpc) is 2.39. The number of nitrogen functional groups attached to an aromatic ring is 1. The minimum atomic E-state index is 0.578. The fourth-order valence-electron chi connectivity index (χ4n) is 2.56. The number of nitrogens with zero attached hydrogens (tertiary/aromatic N) is 1. The Morgan fingerprint density at radius 2 is 1.70 bits per heavy atom. The predicted molar refractivity (Wildman–Crippen MR) is 88.2 cm³/mol. The molecule has 0 aliphatic heterocycles. The van der Waals surface area contributed by atoms with E-state index in [1.165, 1.54) is 16.7 Å². The smallest absolute Gasteiger partial charge is 0.0630 e. The second kappa shape index (κ2) is 6.00. The fraction of sp³-hybridized carbons (Fsp3) is 0.333. The summed E-state index contributed by atoms with van der Waals surface area (Å²) in [6, 6.07) is 14.9. The number of aryl methyl sites for hydroxylation is 1. The van der Waals surface area contributed by atoms with E-state index in [1.54, 1.807) is 0 Å². The highest BCUT2D eigenvalue weighted by Crippen LogP contribution is 2.27. The first-order valence-corrected chi connectivity index (χ1v) is 7.14. The van der Waals surface area contributed by atoms with Crippen LogP contribution >= 0.6 is 0 Å². The second-order valence-corrected chi connectivity index (χ2v) is 5.77. The van der Waals surface area contributed by atoms with Gasteiger partial charge < -0.3 is 10.6 Å². The van der Waals surface area contributed by atoms with Crippen molar-refractivity contribution >= 4 is 11.4 Å². The second-order valence-electron chi connectivity index (χ2n) is 5.77. The zero-order valence-corrected chi connectivity index (χ0v) is 12.9. The highest BCUT2D eigenvalue weighted by Gasteiger charge is 2.09. The molecular formula is C18H24N2. The molecule has 0 fully saturated rings. The molecule has 0 saturated heterocycles. The lowest BCUT2D eigenvalue weighted by Gasteiger charge is -2.23. The van der Waals surface area contributed by atoms with Gasteiger partial charge in [-0.05, 0) is 35.6 Å². The van der Waals surface area contributed by atoms with Crippen molar-refractivity contribution in [3.63, 3.8) is 0 Å². The summed E-state index contributed by atoms with van der Waals surface area (Å²) in [7, 11) is 2.09. The minimum Gasteiger partial charge on any atom is -0.397 e. The third-order valence-electron chi connectivity index (χ3n) is 3.72. The molecule has 0 unspecified atom stereocenters. The van der Waals surface area contributed by atoms with Crippen LogP contribution < -0.4 is 10.6 Å². The lowest BCUT2D eigenvalue weighted by molar-refractivity contribution is 0.861. The largest absolute Gasteiger partial charge is 0.397 e. The van der Waals surface area contributed by atoms with Gasteiger partial charge in [-0.15, -0.1) is 0 Å². The van der Waals surface area contributed by atoms with Crippen LogP contribution in [-0.2, 0) is 6.54 Å². The summed E-state index contributed by atoms with van der Waals surface area (Å²) in [6.07, 6.45) is 0. The Balaban J connectivity index is 2.17. The number of hydrogen-bond donors (Lipinski definition) is 1. The minimum absolute atomic E-state index is 0.578. The van der Waals surface area contributed by atoms with Crippen molar-refractivity contribution < 1.29 is 0 Å². The summed E-state index contributed by atoms with van der Waals surface area (Å²) in [5, 5.41) is 0. The molecule has 2 rings (SSSR count). The third kappa shape index (κ3) is 3.13. The van der Waals surface area contributed by atoms with Crippen LogP contribution in [0.1, 0.15) is 36.5 Å². The van der Waals surface area contributed by atoms with Crippen LogP contribution in [0.5, 0.6) is 0 Å². The fourth-order valence-corrected chi connectivity index (χ4v) is 2.56. The van der Waals surface area contributed by atoms with Crippen LogP contribution in [-0.4, -0.2) is 7.05 Å². The van der Waals surface area contributed by atoms with E-state index in [2.05, 4.69) is 63.1 Å². The Labute approximate surface area is 122 Å². The van der Waals surface area contributed by atoms with Crippen molar-refractivity contribution in [2.45, 2.75) is 33.2 Å². The SMILES string of the molecule is Cc1cccc(N)c1N(C)Cc1ccc(C(C)C)cc1. The molecular weight excluding hydrogens is 244 g/mol. The van der Waals surface area contributed by atoms with E-state index in [0.717, 1.165) is 17.9 Å². The van der Waals surface area contributed by atoms with Gasteiger partial charge in [0.2, 0.25) is 0 Å². The van der Waals surface area contributed by atoms with E-state index in [1.807, 2.05) is 12.1 Å². The van der Waals surface area contributed by atoms with Crippen LogP contribution in [0.4, 0.5) is 11.4 Å². The summed E-state index contributed by atoms with van der Waals surface area (Å²) in [6.45, 7) is 7.40. The molecule has 0 radical (unpaired) electrons. The first kappa shape index (κ1) is 14.4.